The van der Waals surface area contributed by atoms with Crippen LogP contribution in [-0.2, 0) is 0 Å². The molecule has 1 aromatic rings. The van der Waals surface area contributed by atoms with Gasteiger partial charge in [-0.15, -0.1) is 0 Å². The zero-order chi connectivity index (χ0) is 16.3. The third-order valence-electron chi connectivity index (χ3n) is 3.48. The van der Waals surface area contributed by atoms with Gasteiger partial charge in [0.25, 0.3) is 11.8 Å². The number of allylic oxidation sites excluding steroid dienone is 1. The Kier molecular flexibility index (Phi) is 4.39. The van der Waals surface area contributed by atoms with E-state index in [1.54, 1.807) is 30.3 Å². The van der Waals surface area contributed by atoms with Crippen LogP contribution in [0.3, 0.4) is 0 Å². The lowest BCUT2D eigenvalue weighted by Gasteiger charge is -2.14. The van der Waals surface area contributed by atoms with Gasteiger partial charge in [0.2, 0.25) is 0 Å². The van der Waals surface area contributed by atoms with Crippen molar-refractivity contribution in [1.82, 2.24) is 4.90 Å². The summed E-state index contributed by atoms with van der Waals surface area (Å²) in [6, 6.07) is 8.29. The molecule has 0 saturated carbocycles. The number of carbonyl (C=O) groups excluding carboxylic acids is 2. The van der Waals surface area contributed by atoms with Crippen molar-refractivity contribution in [2.75, 3.05) is 6.54 Å². The minimum Gasteiger partial charge on any atom is -0.274 e. The van der Waals surface area contributed by atoms with Gasteiger partial charge in [0.05, 0.1) is 11.1 Å². The number of imide groups is 1. The van der Waals surface area contributed by atoms with Crippen LogP contribution in [0.15, 0.2) is 23.8 Å². The molecule has 0 fully saturated rings. The molecular weight excluding hydrogens is 278 g/mol. The fourth-order valence-corrected chi connectivity index (χ4v) is 2.24. The normalized spacial score (nSPS) is 12.9. The van der Waals surface area contributed by atoms with Crippen molar-refractivity contribution in [3.63, 3.8) is 0 Å². The summed E-state index contributed by atoms with van der Waals surface area (Å²) in [7, 11) is 0. The molecular formula is C17H15N3O2. The second-order valence-electron chi connectivity index (χ2n) is 5.53. The molecule has 0 aliphatic carbocycles. The maximum atomic E-state index is 12.4. The first-order valence-corrected chi connectivity index (χ1v) is 7.00. The van der Waals surface area contributed by atoms with E-state index < -0.39 is 0 Å². The van der Waals surface area contributed by atoms with E-state index in [1.807, 2.05) is 13.8 Å². The Morgan fingerprint density at radius 1 is 1.18 bits per heavy atom. The number of amides is 2. The summed E-state index contributed by atoms with van der Waals surface area (Å²) < 4.78 is 0. The van der Waals surface area contributed by atoms with E-state index >= 15 is 0 Å². The van der Waals surface area contributed by atoms with E-state index in [0.717, 1.165) is 6.42 Å². The van der Waals surface area contributed by atoms with Crippen LogP contribution in [0.4, 0.5) is 0 Å². The van der Waals surface area contributed by atoms with Crippen molar-refractivity contribution >= 4 is 17.9 Å². The average Bonchev–Trinajstić information content (AvgIpc) is 2.74. The van der Waals surface area contributed by atoms with Gasteiger partial charge in [0.1, 0.15) is 17.7 Å². The SMILES string of the molecule is CC(C)CCN1C(=O)c2ccc(C=C(C#N)C#N)cc2C1=O. The first-order valence-electron chi connectivity index (χ1n) is 7.00. The number of carbonyl (C=O) groups is 2. The highest BCUT2D eigenvalue weighted by atomic mass is 16.2. The predicted molar refractivity (Wildman–Crippen MR) is 80.5 cm³/mol. The Morgan fingerprint density at radius 3 is 2.41 bits per heavy atom. The van der Waals surface area contributed by atoms with Gasteiger partial charge in [0.15, 0.2) is 0 Å². The molecule has 2 amide bonds. The summed E-state index contributed by atoms with van der Waals surface area (Å²) in [5.41, 5.74) is 1.22. The zero-order valence-corrected chi connectivity index (χ0v) is 12.5. The first kappa shape index (κ1) is 15.5. The highest BCUT2D eigenvalue weighted by Gasteiger charge is 2.35. The molecule has 0 radical (unpaired) electrons. The number of rotatable bonds is 4. The van der Waals surface area contributed by atoms with Crippen LogP contribution >= 0.6 is 0 Å². The molecule has 0 saturated heterocycles. The third-order valence-corrected chi connectivity index (χ3v) is 3.48. The standard InChI is InChI=1S/C17H15N3O2/c1-11(2)5-6-20-16(21)14-4-3-12(7-13(9-18)10-19)8-15(14)17(20)22/h3-4,7-8,11H,5-6H2,1-2H3. The summed E-state index contributed by atoms with van der Waals surface area (Å²) in [6.45, 7) is 4.47. The van der Waals surface area contributed by atoms with Gasteiger partial charge in [-0.2, -0.15) is 10.5 Å². The maximum absolute atomic E-state index is 12.4. The topological polar surface area (TPSA) is 85.0 Å². The highest BCUT2D eigenvalue weighted by molar-refractivity contribution is 6.21. The summed E-state index contributed by atoms with van der Waals surface area (Å²) in [5.74, 6) is -0.194. The fourth-order valence-electron chi connectivity index (χ4n) is 2.24. The second kappa shape index (κ2) is 6.24. The molecule has 1 aliphatic rings. The Balaban J connectivity index is 2.33. The van der Waals surface area contributed by atoms with E-state index in [9.17, 15) is 9.59 Å². The zero-order valence-electron chi connectivity index (χ0n) is 12.5. The Labute approximate surface area is 129 Å². The van der Waals surface area contributed by atoms with Gasteiger partial charge in [-0.25, -0.2) is 0 Å². The molecule has 0 unspecified atom stereocenters. The molecule has 1 aromatic carbocycles. The van der Waals surface area contributed by atoms with Crippen LogP contribution in [0.5, 0.6) is 0 Å². The number of benzene rings is 1. The summed E-state index contributed by atoms with van der Waals surface area (Å²) in [6.07, 6.45) is 2.15. The number of nitriles is 2. The van der Waals surface area contributed by atoms with Crippen LogP contribution in [0, 0.1) is 28.6 Å². The molecule has 0 N–H and O–H groups in total. The van der Waals surface area contributed by atoms with E-state index in [0.29, 0.717) is 29.2 Å². The Morgan fingerprint density at radius 2 is 1.82 bits per heavy atom. The highest BCUT2D eigenvalue weighted by Crippen LogP contribution is 2.25. The van der Waals surface area contributed by atoms with Crippen molar-refractivity contribution < 1.29 is 9.59 Å². The van der Waals surface area contributed by atoms with Gasteiger partial charge >= 0.3 is 0 Å². The predicted octanol–water partition coefficient (Wildman–Crippen LogP) is 2.76. The molecule has 0 bridgehead atoms. The molecule has 1 heterocycles. The third kappa shape index (κ3) is 2.89. The van der Waals surface area contributed by atoms with Crippen LogP contribution in [0.1, 0.15) is 46.5 Å². The van der Waals surface area contributed by atoms with Crippen LogP contribution in [0.2, 0.25) is 0 Å². The van der Waals surface area contributed by atoms with Crippen molar-refractivity contribution in [3.05, 3.63) is 40.5 Å². The van der Waals surface area contributed by atoms with Gasteiger partial charge in [-0.05, 0) is 36.1 Å². The second-order valence-corrected chi connectivity index (χ2v) is 5.53. The van der Waals surface area contributed by atoms with Crippen molar-refractivity contribution in [1.29, 1.82) is 10.5 Å². The maximum Gasteiger partial charge on any atom is 0.261 e. The first-order chi connectivity index (χ1) is 10.5. The van der Waals surface area contributed by atoms with E-state index in [1.165, 1.54) is 11.0 Å². The number of hydrogen-bond donors (Lipinski definition) is 0. The van der Waals surface area contributed by atoms with Gasteiger partial charge in [-0.3, -0.25) is 14.5 Å². The fraction of sp³-hybridized carbons (Fsp3) is 0.294. The van der Waals surface area contributed by atoms with Crippen LogP contribution in [-0.4, -0.2) is 23.3 Å². The van der Waals surface area contributed by atoms with Crippen molar-refractivity contribution in [2.45, 2.75) is 20.3 Å². The lowest BCUT2D eigenvalue weighted by atomic mass is 10.0. The average molecular weight is 293 g/mol. The van der Waals surface area contributed by atoms with Gasteiger partial charge < -0.3 is 0 Å². The smallest absolute Gasteiger partial charge is 0.261 e. The Bertz CT molecular complexity index is 732. The van der Waals surface area contributed by atoms with Crippen molar-refractivity contribution in [3.8, 4) is 12.1 Å². The summed E-state index contributed by atoms with van der Waals surface area (Å²) >= 11 is 0. The van der Waals surface area contributed by atoms with E-state index in [4.69, 9.17) is 10.5 Å². The van der Waals surface area contributed by atoms with Gasteiger partial charge in [-0.1, -0.05) is 19.9 Å². The number of nitrogens with zero attached hydrogens (tertiary/aromatic N) is 3. The number of fused-ring (bicyclic) bond motifs is 1. The van der Waals surface area contributed by atoms with Gasteiger partial charge in [0, 0.05) is 6.54 Å². The molecule has 5 heteroatoms. The molecule has 0 aromatic heterocycles. The lowest BCUT2D eigenvalue weighted by molar-refractivity contribution is 0.0648. The molecule has 110 valence electrons. The molecule has 5 nitrogen and oxygen atoms in total. The number of hydrogen-bond acceptors (Lipinski definition) is 4. The van der Waals surface area contributed by atoms with Crippen LogP contribution < -0.4 is 0 Å². The molecule has 22 heavy (non-hydrogen) atoms. The lowest BCUT2D eigenvalue weighted by Crippen LogP contribution is -2.31. The van der Waals surface area contributed by atoms with Crippen LogP contribution in [0.25, 0.3) is 6.08 Å². The van der Waals surface area contributed by atoms with E-state index in [-0.39, 0.29) is 17.4 Å². The molecule has 2 rings (SSSR count). The Hall–Kier alpha value is -2.92. The quantitative estimate of drug-likeness (QED) is 0.631. The summed E-state index contributed by atoms with van der Waals surface area (Å²) in [4.78, 5) is 25.9. The van der Waals surface area contributed by atoms with E-state index in [2.05, 4.69) is 0 Å². The molecule has 0 spiro atoms. The molecule has 0 atom stereocenters. The van der Waals surface area contributed by atoms with Crippen molar-refractivity contribution in [2.24, 2.45) is 5.92 Å². The minimum atomic E-state index is -0.314. The summed E-state index contributed by atoms with van der Waals surface area (Å²) in [5, 5.41) is 17.5. The largest absolute Gasteiger partial charge is 0.274 e. The monoisotopic (exact) mass is 293 g/mol. The molecule has 1 aliphatic heterocycles. The minimum absolute atomic E-state index is 0.0478.